The molecule has 4 aromatic rings. The van der Waals surface area contributed by atoms with Crippen molar-refractivity contribution in [3.8, 4) is 17.2 Å². The lowest BCUT2D eigenvalue weighted by atomic mass is 9.99. The number of nitrogens with zero attached hydrogens (tertiary/aromatic N) is 7. The first-order valence-corrected chi connectivity index (χ1v) is 15.0. The van der Waals surface area contributed by atoms with Gasteiger partial charge in [-0.2, -0.15) is 18.2 Å². The van der Waals surface area contributed by atoms with E-state index in [0.29, 0.717) is 17.4 Å². The molecule has 0 bridgehead atoms. The third-order valence-corrected chi connectivity index (χ3v) is 7.98. The molecule has 3 amide bonds. The largest absolute Gasteiger partial charge is 0.417 e. The van der Waals surface area contributed by atoms with Crippen molar-refractivity contribution < 1.29 is 27.6 Å². The van der Waals surface area contributed by atoms with Crippen LogP contribution >= 0.6 is 11.8 Å². The Bertz CT molecular complexity index is 1850. The van der Waals surface area contributed by atoms with Gasteiger partial charge in [-0.1, -0.05) is 31.7 Å². The number of anilines is 3. The number of aliphatic imine (C=N–C) groups is 1. The molecule has 5 rings (SSSR count). The van der Waals surface area contributed by atoms with Crippen molar-refractivity contribution in [3.05, 3.63) is 77.7 Å². The van der Waals surface area contributed by atoms with Gasteiger partial charge in [0.15, 0.2) is 22.6 Å². The van der Waals surface area contributed by atoms with E-state index >= 15 is 0 Å². The molecule has 0 atom stereocenters. The Balaban J connectivity index is 1.39. The molecule has 1 aliphatic heterocycles. The first-order valence-electron chi connectivity index (χ1n) is 14.0. The summed E-state index contributed by atoms with van der Waals surface area (Å²) in [6.07, 6.45) is -2.53. The number of carbonyl (C=O) groups excluding carboxylic acids is 3. The molecule has 0 aliphatic carbocycles. The molecule has 0 saturated carbocycles. The Morgan fingerprint density at radius 2 is 1.83 bits per heavy atom. The molecule has 11 nitrogen and oxygen atoms in total. The number of nitrogens with one attached hydrogen (secondary N) is 1. The first kappa shape index (κ1) is 32.3. The SMILES string of the molecule is CC(=O)c1cc(-c2ncn(-c3ccc(C(F)(F)F)cn3)n2)ccc1NC(=O)N=C1SCC(=O)N1c1cc(N(C)C)ccc1C(C)C. The summed E-state index contributed by atoms with van der Waals surface area (Å²) in [6, 6.07) is 11.7. The number of amides is 3. The molecule has 1 saturated heterocycles. The number of pyridine rings is 1. The maximum absolute atomic E-state index is 13.1. The number of thioether (sulfide) groups is 1. The summed E-state index contributed by atoms with van der Waals surface area (Å²) < 4.78 is 39.9. The van der Waals surface area contributed by atoms with E-state index in [2.05, 4.69) is 25.4 Å². The van der Waals surface area contributed by atoms with Crippen molar-refractivity contribution in [3.63, 3.8) is 0 Å². The average molecular weight is 651 g/mol. The average Bonchev–Trinajstić information content (AvgIpc) is 3.63. The molecule has 238 valence electrons. The van der Waals surface area contributed by atoms with Gasteiger partial charge < -0.3 is 10.2 Å². The van der Waals surface area contributed by atoms with Gasteiger partial charge in [0.25, 0.3) is 0 Å². The van der Waals surface area contributed by atoms with Gasteiger partial charge in [0, 0.05) is 37.1 Å². The zero-order valence-electron chi connectivity index (χ0n) is 25.5. The summed E-state index contributed by atoms with van der Waals surface area (Å²) in [6.45, 7) is 5.37. The van der Waals surface area contributed by atoms with Gasteiger partial charge in [-0.15, -0.1) is 5.10 Å². The highest BCUT2D eigenvalue weighted by Crippen LogP contribution is 2.36. The van der Waals surface area contributed by atoms with Crippen LogP contribution in [0, 0.1) is 0 Å². The Kier molecular flexibility index (Phi) is 8.96. The molecule has 2 aromatic heterocycles. The molecule has 2 aromatic carbocycles. The van der Waals surface area contributed by atoms with Gasteiger partial charge in [0.05, 0.1) is 22.7 Å². The van der Waals surface area contributed by atoms with Crippen LogP contribution in [0.5, 0.6) is 0 Å². The van der Waals surface area contributed by atoms with Gasteiger partial charge in [0.2, 0.25) is 5.91 Å². The van der Waals surface area contributed by atoms with E-state index in [1.165, 1.54) is 41.0 Å². The summed E-state index contributed by atoms with van der Waals surface area (Å²) in [5.74, 6) is -0.0505. The van der Waals surface area contributed by atoms with Crippen LogP contribution in [0.2, 0.25) is 0 Å². The maximum Gasteiger partial charge on any atom is 0.417 e. The zero-order chi connectivity index (χ0) is 33.3. The highest BCUT2D eigenvalue weighted by Gasteiger charge is 2.33. The van der Waals surface area contributed by atoms with Crippen LogP contribution in [0.1, 0.15) is 48.2 Å². The number of urea groups is 1. The molecular formula is C31H29F3N8O3S. The summed E-state index contributed by atoms with van der Waals surface area (Å²) >= 11 is 1.14. The fraction of sp³-hybridized carbons (Fsp3) is 0.258. The Labute approximate surface area is 266 Å². The van der Waals surface area contributed by atoms with E-state index < -0.39 is 17.8 Å². The molecule has 15 heteroatoms. The van der Waals surface area contributed by atoms with Crippen molar-refractivity contribution in [1.82, 2.24) is 19.7 Å². The Hall–Kier alpha value is -5.05. The van der Waals surface area contributed by atoms with Gasteiger partial charge in [-0.25, -0.2) is 19.4 Å². The first-order chi connectivity index (χ1) is 21.7. The number of alkyl halides is 3. The van der Waals surface area contributed by atoms with E-state index in [-0.39, 0.29) is 51.4 Å². The van der Waals surface area contributed by atoms with Crippen molar-refractivity contribution in [2.24, 2.45) is 4.99 Å². The number of halogens is 3. The topological polar surface area (TPSA) is 126 Å². The van der Waals surface area contributed by atoms with Crippen molar-refractivity contribution in [2.45, 2.75) is 32.9 Å². The number of carbonyl (C=O) groups is 3. The summed E-state index contributed by atoms with van der Waals surface area (Å²) in [5.41, 5.74) is 2.33. The minimum Gasteiger partial charge on any atom is -0.378 e. The number of aromatic nitrogens is 4. The van der Waals surface area contributed by atoms with Crippen LogP contribution in [-0.2, 0) is 11.0 Å². The van der Waals surface area contributed by atoms with Crippen LogP contribution in [0.15, 0.2) is 66.0 Å². The summed E-state index contributed by atoms with van der Waals surface area (Å²) in [4.78, 5) is 54.3. The van der Waals surface area contributed by atoms with Crippen molar-refractivity contribution in [1.29, 1.82) is 0 Å². The minimum atomic E-state index is -4.52. The van der Waals surface area contributed by atoms with Crippen molar-refractivity contribution in [2.75, 3.05) is 35.0 Å². The number of hydrogen-bond acceptors (Lipinski definition) is 8. The van der Waals surface area contributed by atoms with Gasteiger partial charge >= 0.3 is 12.2 Å². The van der Waals surface area contributed by atoms with E-state index in [1.807, 2.05) is 51.0 Å². The van der Waals surface area contributed by atoms with E-state index in [4.69, 9.17) is 0 Å². The van der Waals surface area contributed by atoms with Crippen molar-refractivity contribution >= 4 is 51.7 Å². The van der Waals surface area contributed by atoms with Crippen LogP contribution in [0.3, 0.4) is 0 Å². The normalized spacial score (nSPS) is 14.3. The van der Waals surface area contributed by atoms with E-state index in [0.717, 1.165) is 29.1 Å². The molecular weight excluding hydrogens is 621 g/mol. The summed E-state index contributed by atoms with van der Waals surface area (Å²) in [7, 11) is 3.79. The molecule has 46 heavy (non-hydrogen) atoms. The number of ketones is 1. The van der Waals surface area contributed by atoms with E-state index in [9.17, 15) is 27.6 Å². The molecule has 1 N–H and O–H groups in total. The second-order valence-electron chi connectivity index (χ2n) is 10.9. The standard InChI is InChI=1S/C31H29F3N8O3S/c1-17(2)22-9-8-21(40(4)5)13-25(22)42-27(44)15-46-30(42)38-29(45)37-24-10-6-19(12-23(24)18(3)43)28-36-16-41(39-28)26-11-7-20(14-35-26)31(32,33)34/h6-14,16-17H,15H2,1-5H3,(H,37,45). The number of benzene rings is 2. The fourth-order valence-electron chi connectivity index (χ4n) is 4.68. The second kappa shape index (κ2) is 12.7. The van der Waals surface area contributed by atoms with Gasteiger partial charge in [0.1, 0.15) is 6.33 Å². The number of rotatable bonds is 7. The predicted molar refractivity (Wildman–Crippen MR) is 171 cm³/mol. The highest BCUT2D eigenvalue weighted by atomic mass is 32.2. The van der Waals surface area contributed by atoms with Gasteiger partial charge in [-0.3, -0.25) is 14.5 Å². The molecule has 0 radical (unpaired) electrons. The Morgan fingerprint density at radius 1 is 1.07 bits per heavy atom. The second-order valence-corrected chi connectivity index (χ2v) is 11.8. The monoisotopic (exact) mass is 650 g/mol. The van der Waals surface area contributed by atoms with Crippen LogP contribution < -0.4 is 15.1 Å². The molecule has 0 unspecified atom stereocenters. The van der Waals surface area contributed by atoms with Gasteiger partial charge in [-0.05, 0) is 60.9 Å². The lowest BCUT2D eigenvalue weighted by Crippen LogP contribution is -2.31. The number of amidine groups is 1. The summed E-state index contributed by atoms with van der Waals surface area (Å²) in [5, 5.41) is 7.14. The molecule has 1 fully saturated rings. The Morgan fingerprint density at radius 3 is 2.46 bits per heavy atom. The molecule has 0 spiro atoms. The van der Waals surface area contributed by atoms with Crippen LogP contribution in [-0.4, -0.2) is 62.5 Å². The lowest BCUT2D eigenvalue weighted by molar-refractivity contribution is -0.137. The smallest absolute Gasteiger partial charge is 0.378 e. The van der Waals surface area contributed by atoms with E-state index in [1.54, 1.807) is 6.07 Å². The maximum atomic E-state index is 13.1. The number of hydrogen-bond donors (Lipinski definition) is 1. The minimum absolute atomic E-state index is 0.100. The predicted octanol–water partition coefficient (Wildman–Crippen LogP) is 6.41. The lowest BCUT2D eigenvalue weighted by Gasteiger charge is -2.24. The van der Waals surface area contributed by atoms with Crippen LogP contribution in [0.4, 0.5) is 35.0 Å². The third kappa shape index (κ3) is 6.78. The molecule has 1 aliphatic rings. The number of Topliss-reactive ketones (excluding diaryl/α,β-unsaturated/α-hetero) is 1. The fourth-order valence-corrected chi connectivity index (χ4v) is 5.54. The van der Waals surface area contributed by atoms with Crippen LogP contribution in [0.25, 0.3) is 17.2 Å². The highest BCUT2D eigenvalue weighted by molar-refractivity contribution is 8.15. The quantitative estimate of drug-likeness (QED) is 0.228. The third-order valence-electron chi connectivity index (χ3n) is 7.06. The molecule has 3 heterocycles. The zero-order valence-corrected chi connectivity index (χ0v) is 26.3.